The van der Waals surface area contributed by atoms with Crippen LogP contribution in [-0.4, -0.2) is 36.9 Å². The molecule has 0 spiro atoms. The summed E-state index contributed by atoms with van der Waals surface area (Å²) in [4.78, 5) is 26.8. The number of thiazole rings is 1. The Hall–Kier alpha value is -2.07. The first kappa shape index (κ1) is 16.3. The van der Waals surface area contributed by atoms with Gasteiger partial charge in [0.2, 0.25) is 0 Å². The van der Waals surface area contributed by atoms with Gasteiger partial charge in [-0.15, -0.1) is 11.3 Å². The monoisotopic (exact) mass is 324 g/mol. The molecule has 2 N–H and O–H groups in total. The van der Waals surface area contributed by atoms with Gasteiger partial charge in [-0.3, -0.25) is 9.74 Å². The number of nitrogens with zero attached hydrogens (tertiary/aromatic N) is 3. The van der Waals surface area contributed by atoms with Gasteiger partial charge in [0.05, 0.1) is 18.4 Å². The minimum Gasteiger partial charge on any atom is -0.465 e. The molecule has 0 amide bonds. The van der Waals surface area contributed by atoms with Crippen LogP contribution in [0, 0.1) is 0 Å². The van der Waals surface area contributed by atoms with Gasteiger partial charge in [0, 0.05) is 18.7 Å². The third-order valence-electron chi connectivity index (χ3n) is 2.70. The normalized spacial score (nSPS) is 10.5. The molecule has 0 radical (unpaired) electrons. The smallest absolute Gasteiger partial charge is 0.338 e. The quantitative estimate of drug-likeness (QED) is 0.464. The lowest BCUT2D eigenvalue weighted by molar-refractivity contribution is 0.0600. The summed E-state index contributed by atoms with van der Waals surface area (Å²) in [5.41, 5.74) is 0.843. The zero-order valence-corrected chi connectivity index (χ0v) is 13.0. The highest BCUT2D eigenvalue weighted by molar-refractivity contribution is 7.13. The average Bonchev–Trinajstić information content (AvgIpc) is 3.05. The van der Waals surface area contributed by atoms with Crippen LogP contribution in [0.4, 0.5) is 10.9 Å². The zero-order valence-electron chi connectivity index (χ0n) is 12.2. The van der Waals surface area contributed by atoms with Crippen LogP contribution in [0.15, 0.2) is 23.7 Å². The molecule has 2 aromatic heterocycles. The molecule has 0 fully saturated rings. The molecular weight excluding hydrogens is 308 g/mol. The SMILES string of the molecule is COCN(c1cc(C(=O)OC)cc(CON)n1)c1nccs1. The van der Waals surface area contributed by atoms with Crippen molar-refractivity contribution in [2.75, 3.05) is 25.9 Å². The van der Waals surface area contributed by atoms with Gasteiger partial charge in [-0.2, -0.15) is 0 Å². The molecule has 0 aromatic carbocycles. The molecule has 22 heavy (non-hydrogen) atoms. The number of ether oxygens (including phenoxy) is 2. The van der Waals surface area contributed by atoms with Crippen molar-refractivity contribution in [3.63, 3.8) is 0 Å². The second-order valence-electron chi connectivity index (χ2n) is 4.17. The number of carbonyl (C=O) groups is 1. The first-order chi connectivity index (χ1) is 10.7. The van der Waals surface area contributed by atoms with E-state index >= 15 is 0 Å². The van der Waals surface area contributed by atoms with E-state index in [2.05, 4.69) is 14.8 Å². The van der Waals surface area contributed by atoms with E-state index in [-0.39, 0.29) is 13.3 Å². The summed E-state index contributed by atoms with van der Waals surface area (Å²) in [6, 6.07) is 3.17. The highest BCUT2D eigenvalue weighted by atomic mass is 32.1. The minimum atomic E-state index is -0.474. The molecule has 0 saturated heterocycles. The number of rotatable bonds is 7. The van der Waals surface area contributed by atoms with Crippen LogP contribution >= 0.6 is 11.3 Å². The molecule has 0 aliphatic heterocycles. The van der Waals surface area contributed by atoms with Crippen molar-refractivity contribution in [1.82, 2.24) is 9.97 Å². The number of carbonyl (C=O) groups excluding carboxylic acids is 1. The fourth-order valence-electron chi connectivity index (χ4n) is 1.80. The van der Waals surface area contributed by atoms with E-state index in [1.807, 2.05) is 5.38 Å². The number of hydrogen-bond acceptors (Lipinski definition) is 9. The predicted molar refractivity (Wildman–Crippen MR) is 80.7 cm³/mol. The van der Waals surface area contributed by atoms with E-state index in [4.69, 9.17) is 15.4 Å². The largest absolute Gasteiger partial charge is 0.465 e. The van der Waals surface area contributed by atoms with Crippen LogP contribution in [0.1, 0.15) is 16.1 Å². The van der Waals surface area contributed by atoms with Crippen LogP contribution in [0.5, 0.6) is 0 Å². The standard InChI is InChI=1S/C13H16N4O4S/c1-19-8-17(13-15-3-4-22-13)11-6-9(12(18)20-2)5-10(16-11)7-21-14/h3-6H,7-8,14H2,1-2H3. The van der Waals surface area contributed by atoms with E-state index in [0.29, 0.717) is 22.2 Å². The van der Waals surface area contributed by atoms with E-state index < -0.39 is 5.97 Å². The summed E-state index contributed by atoms with van der Waals surface area (Å²) in [5.74, 6) is 5.11. The topological polar surface area (TPSA) is 99.8 Å². The Morgan fingerprint density at radius 3 is 2.82 bits per heavy atom. The van der Waals surface area contributed by atoms with E-state index in [9.17, 15) is 4.79 Å². The Morgan fingerprint density at radius 2 is 2.23 bits per heavy atom. The lowest BCUT2D eigenvalue weighted by Crippen LogP contribution is -2.22. The number of pyridine rings is 1. The van der Waals surface area contributed by atoms with Crippen molar-refractivity contribution in [1.29, 1.82) is 0 Å². The number of nitrogens with two attached hydrogens (primary N) is 1. The van der Waals surface area contributed by atoms with Gasteiger partial charge in [0.25, 0.3) is 0 Å². The lowest BCUT2D eigenvalue weighted by Gasteiger charge is -2.20. The van der Waals surface area contributed by atoms with Gasteiger partial charge < -0.3 is 9.47 Å². The van der Waals surface area contributed by atoms with Crippen LogP contribution in [0.25, 0.3) is 0 Å². The van der Waals surface area contributed by atoms with Crippen molar-refractivity contribution in [3.05, 3.63) is 35.0 Å². The number of aromatic nitrogens is 2. The molecule has 0 atom stereocenters. The molecule has 2 aromatic rings. The Morgan fingerprint density at radius 1 is 1.41 bits per heavy atom. The van der Waals surface area contributed by atoms with Gasteiger partial charge in [-0.1, -0.05) is 0 Å². The van der Waals surface area contributed by atoms with Gasteiger partial charge in [0.15, 0.2) is 5.13 Å². The lowest BCUT2D eigenvalue weighted by atomic mass is 10.2. The van der Waals surface area contributed by atoms with Gasteiger partial charge in [0.1, 0.15) is 19.2 Å². The van der Waals surface area contributed by atoms with Gasteiger partial charge in [-0.25, -0.2) is 20.7 Å². The average molecular weight is 324 g/mol. The van der Waals surface area contributed by atoms with Crippen molar-refractivity contribution in [2.24, 2.45) is 5.90 Å². The molecule has 0 aliphatic rings. The Kier molecular flexibility index (Phi) is 5.78. The third-order valence-corrected chi connectivity index (χ3v) is 3.50. The molecule has 0 bridgehead atoms. The van der Waals surface area contributed by atoms with Crippen molar-refractivity contribution in [2.45, 2.75) is 6.61 Å². The zero-order chi connectivity index (χ0) is 15.9. The maximum absolute atomic E-state index is 11.8. The summed E-state index contributed by atoms with van der Waals surface area (Å²) in [6.07, 6.45) is 1.68. The van der Waals surface area contributed by atoms with Crippen LogP contribution in [-0.2, 0) is 20.9 Å². The van der Waals surface area contributed by atoms with Crippen LogP contribution < -0.4 is 10.8 Å². The summed E-state index contributed by atoms with van der Waals surface area (Å²) < 4.78 is 9.94. The highest BCUT2D eigenvalue weighted by Crippen LogP contribution is 2.27. The summed E-state index contributed by atoms with van der Waals surface area (Å²) in [6.45, 7) is 0.296. The molecule has 2 rings (SSSR count). The molecule has 0 aliphatic carbocycles. The molecule has 8 nitrogen and oxygen atoms in total. The number of hydrogen-bond donors (Lipinski definition) is 1. The first-order valence-electron chi connectivity index (χ1n) is 6.26. The summed E-state index contributed by atoms with van der Waals surface area (Å²) >= 11 is 1.43. The maximum Gasteiger partial charge on any atom is 0.338 e. The Bertz CT molecular complexity index is 621. The van der Waals surface area contributed by atoms with Crippen molar-refractivity contribution < 1.29 is 19.1 Å². The highest BCUT2D eigenvalue weighted by Gasteiger charge is 2.17. The first-order valence-corrected chi connectivity index (χ1v) is 7.14. The molecular formula is C13H16N4O4S. The van der Waals surface area contributed by atoms with E-state index in [0.717, 1.165) is 0 Å². The predicted octanol–water partition coefficient (Wildman–Crippen LogP) is 1.46. The Labute approximate surface area is 131 Å². The van der Waals surface area contributed by atoms with Gasteiger partial charge in [-0.05, 0) is 12.1 Å². The third kappa shape index (κ3) is 3.77. The fourth-order valence-corrected chi connectivity index (χ4v) is 2.44. The minimum absolute atomic E-state index is 0.0660. The molecule has 9 heteroatoms. The number of esters is 1. The molecule has 2 heterocycles. The summed E-state index contributed by atoms with van der Waals surface area (Å²) in [7, 11) is 2.88. The van der Waals surface area contributed by atoms with Crippen molar-refractivity contribution in [3.8, 4) is 0 Å². The fraction of sp³-hybridized carbons (Fsp3) is 0.308. The molecule has 118 valence electrons. The van der Waals surface area contributed by atoms with E-state index in [1.165, 1.54) is 18.4 Å². The molecule has 0 saturated carbocycles. The van der Waals surface area contributed by atoms with Crippen LogP contribution in [0.3, 0.4) is 0 Å². The maximum atomic E-state index is 11.8. The van der Waals surface area contributed by atoms with Crippen molar-refractivity contribution >= 4 is 28.3 Å². The van der Waals surface area contributed by atoms with Gasteiger partial charge >= 0.3 is 5.97 Å². The second-order valence-corrected chi connectivity index (χ2v) is 5.04. The van der Waals surface area contributed by atoms with Crippen LogP contribution in [0.2, 0.25) is 0 Å². The molecule has 0 unspecified atom stereocenters. The Balaban J connectivity index is 2.46. The number of methoxy groups -OCH3 is 2. The number of anilines is 2. The second kappa shape index (κ2) is 7.80. The van der Waals surface area contributed by atoms with E-state index in [1.54, 1.807) is 30.3 Å². The summed E-state index contributed by atoms with van der Waals surface area (Å²) in [5, 5.41) is 2.53.